The number of aliphatic carboxylic acids is 1. The lowest BCUT2D eigenvalue weighted by Gasteiger charge is -2.14. The zero-order chi connectivity index (χ0) is 14.7. The molecule has 0 bridgehead atoms. The van der Waals surface area contributed by atoms with Crippen LogP contribution in [0.1, 0.15) is 6.92 Å². The number of fused-ring (bicyclic) bond motifs is 1. The lowest BCUT2D eigenvalue weighted by molar-refractivity contribution is -0.147. The zero-order valence-corrected chi connectivity index (χ0v) is 12.1. The molecule has 2 aromatic rings. The normalized spacial score (nSPS) is 13.2. The number of rotatable bonds is 5. The number of benzene rings is 1. The number of hydrogen-bond donors (Lipinski definition) is 1. The summed E-state index contributed by atoms with van der Waals surface area (Å²) in [7, 11) is -2.48. The first-order valence-corrected chi connectivity index (χ1v) is 7.79. The Kier molecular flexibility index (Phi) is 4.49. The molecule has 1 heterocycles. The van der Waals surface area contributed by atoms with Crippen molar-refractivity contribution in [2.24, 2.45) is 0 Å². The van der Waals surface area contributed by atoms with E-state index >= 15 is 0 Å². The van der Waals surface area contributed by atoms with Gasteiger partial charge < -0.3 is 9.94 Å². The Hall–Kier alpha value is -1.75. The zero-order valence-electron chi connectivity index (χ0n) is 10.4. The molecule has 2 unspecified atom stereocenters. The SMILES string of the molecule is CC(C(=O)O)N(Oc1cccc2ncccc12)[P+](=O)Cl. The van der Waals surface area contributed by atoms with Gasteiger partial charge in [-0.1, -0.05) is 6.07 Å². The maximum Gasteiger partial charge on any atom is 0.593 e. The number of hydroxylamine groups is 1. The lowest BCUT2D eigenvalue weighted by Crippen LogP contribution is -2.35. The van der Waals surface area contributed by atoms with Crippen LogP contribution in [-0.2, 0) is 9.36 Å². The Labute approximate surface area is 120 Å². The quantitative estimate of drug-likeness (QED) is 0.674. The third-order valence-corrected chi connectivity index (χ3v) is 3.83. The van der Waals surface area contributed by atoms with Gasteiger partial charge in [0.1, 0.15) is 4.83 Å². The van der Waals surface area contributed by atoms with Crippen molar-refractivity contribution in [3.8, 4) is 5.75 Å². The molecule has 0 amide bonds. The summed E-state index contributed by atoms with van der Waals surface area (Å²) in [6, 6.07) is 7.46. The minimum atomic E-state index is -2.48. The second-order valence-corrected chi connectivity index (χ2v) is 5.67. The van der Waals surface area contributed by atoms with E-state index < -0.39 is 19.3 Å². The number of carboxylic acid groups (broad SMARTS) is 1. The highest BCUT2D eigenvalue weighted by atomic mass is 35.7. The molecule has 1 aromatic heterocycles. The van der Waals surface area contributed by atoms with E-state index in [0.717, 1.165) is 4.83 Å². The van der Waals surface area contributed by atoms with Gasteiger partial charge in [-0.25, -0.2) is 0 Å². The number of carboxylic acids is 1. The van der Waals surface area contributed by atoms with E-state index in [1.165, 1.54) is 6.92 Å². The number of carbonyl (C=O) groups is 1. The fraction of sp³-hybridized carbons (Fsp3) is 0.167. The molecule has 0 aliphatic heterocycles. The maximum atomic E-state index is 11.5. The molecule has 2 atom stereocenters. The monoisotopic (exact) mass is 313 g/mol. The van der Waals surface area contributed by atoms with Crippen LogP contribution in [0.15, 0.2) is 36.5 Å². The van der Waals surface area contributed by atoms with Crippen molar-refractivity contribution in [3.05, 3.63) is 36.5 Å². The number of pyridine rings is 1. The van der Waals surface area contributed by atoms with Crippen LogP contribution in [0.3, 0.4) is 0 Å². The minimum absolute atomic E-state index is 0.340. The van der Waals surface area contributed by atoms with Crippen molar-refractivity contribution < 1.29 is 19.3 Å². The van der Waals surface area contributed by atoms with Crippen LogP contribution in [0.2, 0.25) is 0 Å². The van der Waals surface area contributed by atoms with Crippen LogP contribution in [0.5, 0.6) is 5.75 Å². The smallest absolute Gasteiger partial charge is 0.480 e. The van der Waals surface area contributed by atoms with Gasteiger partial charge in [0.2, 0.25) is 11.2 Å². The molecular weight excluding hydrogens is 303 g/mol. The van der Waals surface area contributed by atoms with Crippen LogP contribution in [-0.4, -0.2) is 26.9 Å². The predicted octanol–water partition coefficient (Wildman–Crippen LogP) is 3.20. The molecule has 8 heteroatoms. The Morgan fingerprint density at radius 2 is 2.20 bits per heavy atom. The van der Waals surface area contributed by atoms with E-state index in [0.29, 0.717) is 16.7 Å². The number of hydrogen-bond acceptors (Lipinski definition) is 4. The van der Waals surface area contributed by atoms with Crippen LogP contribution in [0, 0.1) is 0 Å². The Morgan fingerprint density at radius 3 is 2.85 bits per heavy atom. The van der Waals surface area contributed by atoms with Gasteiger partial charge in [-0.05, 0) is 35.8 Å². The van der Waals surface area contributed by atoms with E-state index in [1.807, 2.05) is 0 Å². The molecule has 104 valence electrons. The van der Waals surface area contributed by atoms with Gasteiger partial charge in [-0.15, -0.1) is 0 Å². The van der Waals surface area contributed by atoms with Gasteiger partial charge in [0.15, 0.2) is 11.8 Å². The fourth-order valence-electron chi connectivity index (χ4n) is 1.60. The molecule has 0 spiro atoms. The van der Waals surface area contributed by atoms with E-state index in [1.54, 1.807) is 36.5 Å². The van der Waals surface area contributed by atoms with Crippen molar-refractivity contribution in [2.75, 3.05) is 0 Å². The second-order valence-electron chi connectivity index (χ2n) is 3.96. The Balaban J connectivity index is 2.39. The van der Waals surface area contributed by atoms with Gasteiger partial charge in [-0.3, -0.25) is 9.78 Å². The lowest BCUT2D eigenvalue weighted by atomic mass is 10.2. The molecule has 0 saturated carbocycles. The third kappa shape index (κ3) is 3.04. The summed E-state index contributed by atoms with van der Waals surface area (Å²) < 4.78 is 11.5. The number of aromatic nitrogens is 1. The van der Waals surface area contributed by atoms with Gasteiger partial charge in [0.05, 0.1) is 5.52 Å². The fourth-order valence-corrected chi connectivity index (χ4v) is 2.61. The highest BCUT2D eigenvalue weighted by Gasteiger charge is 2.39. The van der Waals surface area contributed by atoms with Crippen molar-refractivity contribution >= 4 is 35.4 Å². The van der Waals surface area contributed by atoms with Gasteiger partial charge in [0, 0.05) is 11.6 Å². The Morgan fingerprint density at radius 1 is 1.45 bits per heavy atom. The summed E-state index contributed by atoms with van der Waals surface area (Å²) in [6.45, 7) is 1.33. The summed E-state index contributed by atoms with van der Waals surface area (Å²) in [4.78, 5) is 21.3. The molecule has 20 heavy (non-hydrogen) atoms. The number of halogens is 1. The summed E-state index contributed by atoms with van der Waals surface area (Å²) in [6.07, 6.45) is 1.63. The largest absolute Gasteiger partial charge is 0.593 e. The predicted molar refractivity (Wildman–Crippen MR) is 74.8 cm³/mol. The summed E-state index contributed by atoms with van der Waals surface area (Å²) in [5.41, 5.74) is 0.678. The van der Waals surface area contributed by atoms with Crippen molar-refractivity contribution in [2.45, 2.75) is 13.0 Å². The molecule has 0 radical (unpaired) electrons. The van der Waals surface area contributed by atoms with Crippen molar-refractivity contribution in [1.29, 1.82) is 0 Å². The van der Waals surface area contributed by atoms with Gasteiger partial charge in [0.25, 0.3) is 0 Å². The average Bonchev–Trinajstić information content (AvgIpc) is 2.43. The second kappa shape index (κ2) is 6.13. The van der Waals surface area contributed by atoms with Gasteiger partial charge in [-0.2, -0.15) is 0 Å². The van der Waals surface area contributed by atoms with Crippen molar-refractivity contribution in [1.82, 2.24) is 9.82 Å². The molecule has 0 aliphatic carbocycles. The van der Waals surface area contributed by atoms with Gasteiger partial charge >= 0.3 is 13.3 Å². The minimum Gasteiger partial charge on any atom is -0.480 e. The maximum absolute atomic E-state index is 11.5. The molecule has 1 aromatic carbocycles. The summed E-state index contributed by atoms with van der Waals surface area (Å²) >= 11 is 5.52. The van der Waals surface area contributed by atoms with E-state index in [4.69, 9.17) is 21.2 Å². The van der Waals surface area contributed by atoms with E-state index in [2.05, 4.69) is 4.98 Å². The van der Waals surface area contributed by atoms with Crippen LogP contribution >= 0.6 is 18.5 Å². The first-order valence-electron chi connectivity index (χ1n) is 5.67. The third-order valence-electron chi connectivity index (χ3n) is 2.64. The molecule has 0 saturated heterocycles. The highest BCUT2D eigenvalue weighted by Crippen LogP contribution is 2.37. The van der Waals surface area contributed by atoms with Crippen molar-refractivity contribution in [3.63, 3.8) is 0 Å². The van der Waals surface area contributed by atoms with E-state index in [9.17, 15) is 9.36 Å². The number of nitrogens with zero attached hydrogens (tertiary/aromatic N) is 2. The Bertz CT molecular complexity index is 661. The van der Waals surface area contributed by atoms with Crippen LogP contribution in [0.4, 0.5) is 0 Å². The standard InChI is InChI=1S/C12H10ClN2O4P/c1-8(12(16)17)15(20(13)18)19-11-6-2-5-10-9(11)4-3-7-14-10/h2-8H,1H3/p+1. The molecule has 6 nitrogen and oxygen atoms in total. The first kappa shape index (κ1) is 14.7. The molecule has 0 fully saturated rings. The molecule has 0 aliphatic rings. The molecule has 1 N–H and O–H groups in total. The average molecular weight is 314 g/mol. The summed E-state index contributed by atoms with van der Waals surface area (Å²) in [5, 5.41) is 9.64. The molecule has 2 rings (SSSR count). The highest BCUT2D eigenvalue weighted by molar-refractivity contribution is 7.71. The topological polar surface area (TPSA) is 79.7 Å². The van der Waals surface area contributed by atoms with Crippen LogP contribution < -0.4 is 4.84 Å². The van der Waals surface area contributed by atoms with Crippen LogP contribution in [0.25, 0.3) is 10.9 Å². The summed E-state index contributed by atoms with van der Waals surface area (Å²) in [5.74, 6) is -0.847. The molecular formula is C12H11ClN2O4P+. The first-order chi connectivity index (χ1) is 9.50. The van der Waals surface area contributed by atoms with E-state index in [-0.39, 0.29) is 0 Å².